The molecule has 0 radical (unpaired) electrons. The van der Waals surface area contributed by atoms with Gasteiger partial charge in [-0.1, -0.05) is 13.3 Å². The van der Waals surface area contributed by atoms with E-state index in [0.29, 0.717) is 0 Å². The number of alkyl halides is 2. The third-order valence-electron chi connectivity index (χ3n) is 2.31. The summed E-state index contributed by atoms with van der Waals surface area (Å²) in [6, 6.07) is 0. The molecule has 2 atom stereocenters. The molecule has 0 amide bonds. The first kappa shape index (κ1) is 13.3. The Labute approximate surface area is 106 Å². The van der Waals surface area contributed by atoms with Gasteiger partial charge in [0.25, 0.3) is 0 Å². The standard InChI is InChI=1S/C11H17Cl2NS/c1-2-4-9(12)10(13)5-3-6-11-14-7-8-15-11/h7-10H,2-6H2,1H3. The summed E-state index contributed by atoms with van der Waals surface area (Å²) in [6.07, 6.45) is 7.04. The number of aromatic nitrogens is 1. The van der Waals surface area contributed by atoms with Crippen LogP contribution in [0.5, 0.6) is 0 Å². The van der Waals surface area contributed by atoms with Gasteiger partial charge in [-0.05, 0) is 25.7 Å². The van der Waals surface area contributed by atoms with Gasteiger partial charge in [0, 0.05) is 22.3 Å². The number of hydrogen-bond acceptors (Lipinski definition) is 2. The van der Waals surface area contributed by atoms with Gasteiger partial charge >= 0.3 is 0 Å². The van der Waals surface area contributed by atoms with Crippen molar-refractivity contribution in [3.8, 4) is 0 Å². The second-order valence-electron chi connectivity index (χ2n) is 3.64. The molecule has 15 heavy (non-hydrogen) atoms. The molecule has 0 aliphatic heterocycles. The van der Waals surface area contributed by atoms with Gasteiger partial charge in [0.05, 0.1) is 5.01 Å². The number of nitrogens with zero attached hydrogens (tertiary/aromatic N) is 1. The zero-order valence-corrected chi connectivity index (χ0v) is 11.3. The largest absolute Gasteiger partial charge is 0.250 e. The highest BCUT2D eigenvalue weighted by Gasteiger charge is 2.15. The maximum Gasteiger partial charge on any atom is 0.0924 e. The molecule has 86 valence electrons. The van der Waals surface area contributed by atoms with Crippen LogP contribution in [-0.4, -0.2) is 15.7 Å². The summed E-state index contributed by atoms with van der Waals surface area (Å²) in [7, 11) is 0. The lowest BCUT2D eigenvalue weighted by atomic mass is 10.1. The van der Waals surface area contributed by atoms with Crippen LogP contribution in [-0.2, 0) is 6.42 Å². The fourth-order valence-electron chi connectivity index (χ4n) is 1.46. The first-order valence-electron chi connectivity index (χ1n) is 5.40. The van der Waals surface area contributed by atoms with E-state index in [4.69, 9.17) is 23.2 Å². The van der Waals surface area contributed by atoms with E-state index in [0.717, 1.165) is 32.1 Å². The smallest absolute Gasteiger partial charge is 0.0924 e. The molecule has 0 bridgehead atoms. The van der Waals surface area contributed by atoms with Crippen molar-refractivity contribution in [3.63, 3.8) is 0 Å². The van der Waals surface area contributed by atoms with Crippen molar-refractivity contribution in [2.45, 2.75) is 49.8 Å². The number of rotatable bonds is 7. The number of hydrogen-bond donors (Lipinski definition) is 0. The van der Waals surface area contributed by atoms with Crippen LogP contribution in [0.1, 0.15) is 37.6 Å². The van der Waals surface area contributed by atoms with E-state index >= 15 is 0 Å². The molecule has 0 fully saturated rings. The monoisotopic (exact) mass is 265 g/mol. The Morgan fingerprint density at radius 3 is 2.67 bits per heavy atom. The fourth-order valence-corrected chi connectivity index (χ4v) is 2.75. The van der Waals surface area contributed by atoms with Crippen molar-refractivity contribution in [3.05, 3.63) is 16.6 Å². The number of thiazole rings is 1. The van der Waals surface area contributed by atoms with Crippen LogP contribution in [0.25, 0.3) is 0 Å². The van der Waals surface area contributed by atoms with Gasteiger partial charge < -0.3 is 0 Å². The molecule has 0 saturated carbocycles. The van der Waals surface area contributed by atoms with E-state index in [9.17, 15) is 0 Å². The third kappa shape index (κ3) is 5.19. The highest BCUT2D eigenvalue weighted by Crippen LogP contribution is 2.21. The van der Waals surface area contributed by atoms with Gasteiger partial charge in [0.2, 0.25) is 0 Å². The quantitative estimate of drug-likeness (QED) is 0.663. The molecule has 4 heteroatoms. The van der Waals surface area contributed by atoms with Crippen molar-refractivity contribution in [2.24, 2.45) is 0 Å². The highest BCUT2D eigenvalue weighted by atomic mass is 35.5. The molecule has 1 rings (SSSR count). The van der Waals surface area contributed by atoms with Crippen LogP contribution < -0.4 is 0 Å². The van der Waals surface area contributed by atoms with Gasteiger partial charge in [-0.2, -0.15) is 0 Å². The topological polar surface area (TPSA) is 12.9 Å². The summed E-state index contributed by atoms with van der Waals surface area (Å²) in [4.78, 5) is 4.24. The average molecular weight is 266 g/mol. The first-order valence-corrected chi connectivity index (χ1v) is 7.15. The van der Waals surface area contributed by atoms with Crippen molar-refractivity contribution >= 4 is 34.5 Å². The summed E-state index contributed by atoms with van der Waals surface area (Å²) >= 11 is 14.1. The third-order valence-corrected chi connectivity index (χ3v) is 4.32. The lowest BCUT2D eigenvalue weighted by molar-refractivity contribution is 0.621. The molecule has 0 N–H and O–H groups in total. The molecule has 2 unspecified atom stereocenters. The lowest BCUT2D eigenvalue weighted by Crippen LogP contribution is -2.14. The predicted molar refractivity (Wildman–Crippen MR) is 69.2 cm³/mol. The van der Waals surface area contributed by atoms with Gasteiger partial charge in [-0.25, -0.2) is 4.98 Å². The van der Waals surface area contributed by atoms with Gasteiger partial charge in [0.15, 0.2) is 0 Å². The molecule has 0 aliphatic carbocycles. The molecule has 0 aliphatic rings. The van der Waals surface area contributed by atoms with E-state index in [1.54, 1.807) is 11.3 Å². The number of aryl methyl sites for hydroxylation is 1. The molecule has 1 aromatic heterocycles. The summed E-state index contributed by atoms with van der Waals surface area (Å²) in [6.45, 7) is 2.13. The normalized spacial score (nSPS) is 15.1. The summed E-state index contributed by atoms with van der Waals surface area (Å²) in [5.41, 5.74) is 0. The lowest BCUT2D eigenvalue weighted by Gasteiger charge is -2.14. The summed E-state index contributed by atoms with van der Waals surface area (Å²) in [5.74, 6) is 0. The van der Waals surface area contributed by atoms with E-state index in [1.165, 1.54) is 5.01 Å². The molecule has 1 aromatic rings. The van der Waals surface area contributed by atoms with Crippen molar-refractivity contribution in [2.75, 3.05) is 0 Å². The van der Waals surface area contributed by atoms with Crippen LogP contribution >= 0.6 is 34.5 Å². The number of halogens is 2. The first-order chi connectivity index (χ1) is 7.24. The molecule has 0 spiro atoms. The summed E-state index contributed by atoms with van der Waals surface area (Å²) in [5, 5.41) is 3.43. The van der Waals surface area contributed by atoms with Crippen LogP contribution in [0.15, 0.2) is 11.6 Å². The summed E-state index contributed by atoms with van der Waals surface area (Å²) < 4.78 is 0. The van der Waals surface area contributed by atoms with Crippen LogP contribution in [0.2, 0.25) is 0 Å². The van der Waals surface area contributed by atoms with Crippen LogP contribution in [0.4, 0.5) is 0 Å². The molecule has 1 heterocycles. The fraction of sp³-hybridized carbons (Fsp3) is 0.727. The highest BCUT2D eigenvalue weighted by molar-refractivity contribution is 7.09. The maximum absolute atomic E-state index is 6.20. The van der Waals surface area contributed by atoms with E-state index in [-0.39, 0.29) is 10.8 Å². The second kappa shape index (κ2) is 7.48. The Kier molecular flexibility index (Phi) is 6.62. The van der Waals surface area contributed by atoms with Crippen molar-refractivity contribution in [1.82, 2.24) is 4.98 Å². The maximum atomic E-state index is 6.20. The SMILES string of the molecule is CCCC(Cl)C(Cl)CCCc1nccs1. The second-order valence-corrected chi connectivity index (χ2v) is 5.74. The molecular weight excluding hydrogens is 249 g/mol. The minimum Gasteiger partial charge on any atom is -0.250 e. The average Bonchev–Trinajstić information content (AvgIpc) is 2.71. The minimum atomic E-state index is 0.103. The predicted octanol–water partition coefficient (Wildman–Crippen LogP) is 4.48. The van der Waals surface area contributed by atoms with Gasteiger partial charge in [-0.3, -0.25) is 0 Å². The molecule has 0 saturated heterocycles. The van der Waals surface area contributed by atoms with Crippen molar-refractivity contribution < 1.29 is 0 Å². The van der Waals surface area contributed by atoms with Crippen LogP contribution in [0.3, 0.4) is 0 Å². The Balaban J connectivity index is 2.14. The molecule has 1 nitrogen and oxygen atoms in total. The minimum absolute atomic E-state index is 0.103. The van der Waals surface area contributed by atoms with Gasteiger partial charge in [0.1, 0.15) is 0 Å². The molecule has 0 aromatic carbocycles. The van der Waals surface area contributed by atoms with E-state index < -0.39 is 0 Å². The Hall–Kier alpha value is 0.210. The zero-order chi connectivity index (χ0) is 11.1. The Bertz CT molecular complexity index is 251. The zero-order valence-electron chi connectivity index (χ0n) is 8.96. The van der Waals surface area contributed by atoms with Crippen LogP contribution in [0, 0.1) is 0 Å². The van der Waals surface area contributed by atoms with E-state index in [1.807, 2.05) is 11.6 Å². The van der Waals surface area contributed by atoms with E-state index in [2.05, 4.69) is 11.9 Å². The molecular formula is C11H17Cl2NS. The Morgan fingerprint density at radius 2 is 2.07 bits per heavy atom. The Morgan fingerprint density at radius 1 is 1.33 bits per heavy atom. The van der Waals surface area contributed by atoms with Crippen molar-refractivity contribution in [1.29, 1.82) is 0 Å². The van der Waals surface area contributed by atoms with Gasteiger partial charge in [-0.15, -0.1) is 34.5 Å².